The summed E-state index contributed by atoms with van der Waals surface area (Å²) in [5.74, 6) is 0.244. The van der Waals surface area contributed by atoms with E-state index in [1.165, 1.54) is 7.11 Å². The zero-order valence-corrected chi connectivity index (χ0v) is 17.3. The summed E-state index contributed by atoms with van der Waals surface area (Å²) in [7, 11) is 1.31. The van der Waals surface area contributed by atoms with E-state index in [-0.39, 0.29) is 5.91 Å². The number of carbonyl (C=O) groups excluding carboxylic acids is 2. The molecule has 0 aliphatic heterocycles. The number of amides is 1. The fraction of sp³-hybridized carbons (Fsp3) is 0.333. The summed E-state index contributed by atoms with van der Waals surface area (Å²) in [6.45, 7) is 4.72. The van der Waals surface area contributed by atoms with Crippen LogP contribution in [0, 0.1) is 5.92 Å². The van der Waals surface area contributed by atoms with Gasteiger partial charge in [-0.2, -0.15) is 0 Å². The van der Waals surface area contributed by atoms with Gasteiger partial charge in [0.15, 0.2) is 0 Å². The maximum Gasteiger partial charge on any atom is 0.328 e. The van der Waals surface area contributed by atoms with Crippen molar-refractivity contribution in [1.29, 1.82) is 0 Å². The Morgan fingerprint density at radius 3 is 2.41 bits per heavy atom. The molecule has 1 unspecified atom stereocenters. The number of hydrogen-bond donors (Lipinski definition) is 1. The lowest BCUT2D eigenvalue weighted by atomic mass is 10.1. The SMILES string of the molecule is COC(=O)C(Cc1ccccc1)NC(=O)c1ccc(OCC(C)C)c(Br)c1. The Hall–Kier alpha value is -2.34. The monoisotopic (exact) mass is 433 g/mol. The highest BCUT2D eigenvalue weighted by molar-refractivity contribution is 9.10. The van der Waals surface area contributed by atoms with Crippen molar-refractivity contribution in [1.82, 2.24) is 5.32 Å². The van der Waals surface area contributed by atoms with Crippen LogP contribution in [-0.4, -0.2) is 31.6 Å². The van der Waals surface area contributed by atoms with Crippen LogP contribution in [0.4, 0.5) is 0 Å². The molecular weight excluding hydrogens is 410 g/mol. The Morgan fingerprint density at radius 1 is 1.11 bits per heavy atom. The van der Waals surface area contributed by atoms with Gasteiger partial charge in [-0.05, 0) is 45.6 Å². The average molecular weight is 434 g/mol. The van der Waals surface area contributed by atoms with E-state index < -0.39 is 12.0 Å². The van der Waals surface area contributed by atoms with Gasteiger partial charge >= 0.3 is 5.97 Å². The third-order valence-electron chi connectivity index (χ3n) is 3.84. The second kappa shape index (κ2) is 10.1. The first-order chi connectivity index (χ1) is 12.9. The Kier molecular flexibility index (Phi) is 7.85. The normalized spacial score (nSPS) is 11.7. The van der Waals surface area contributed by atoms with Gasteiger partial charge in [0, 0.05) is 12.0 Å². The van der Waals surface area contributed by atoms with Crippen molar-refractivity contribution in [2.45, 2.75) is 26.3 Å². The molecule has 6 heteroatoms. The second-order valence-electron chi connectivity index (χ2n) is 6.59. The van der Waals surface area contributed by atoms with Crippen LogP contribution >= 0.6 is 15.9 Å². The van der Waals surface area contributed by atoms with Gasteiger partial charge in [0.25, 0.3) is 5.91 Å². The summed E-state index contributed by atoms with van der Waals surface area (Å²) >= 11 is 3.43. The Labute approximate surface area is 168 Å². The number of hydrogen-bond acceptors (Lipinski definition) is 4. The highest BCUT2D eigenvalue weighted by Crippen LogP contribution is 2.26. The summed E-state index contributed by atoms with van der Waals surface area (Å²) in [4.78, 5) is 24.7. The molecule has 1 atom stereocenters. The van der Waals surface area contributed by atoms with Crippen molar-refractivity contribution in [2.75, 3.05) is 13.7 Å². The number of nitrogens with one attached hydrogen (secondary N) is 1. The number of rotatable bonds is 8. The smallest absolute Gasteiger partial charge is 0.328 e. The molecule has 0 aromatic heterocycles. The third kappa shape index (κ3) is 6.40. The van der Waals surface area contributed by atoms with E-state index in [4.69, 9.17) is 9.47 Å². The predicted molar refractivity (Wildman–Crippen MR) is 108 cm³/mol. The zero-order chi connectivity index (χ0) is 19.8. The summed E-state index contributed by atoms with van der Waals surface area (Å²) in [5, 5.41) is 2.75. The molecule has 0 aliphatic rings. The lowest BCUT2D eigenvalue weighted by molar-refractivity contribution is -0.142. The summed E-state index contributed by atoms with van der Waals surface area (Å²) in [6, 6.07) is 13.8. The molecule has 0 bridgehead atoms. The molecule has 0 fully saturated rings. The van der Waals surface area contributed by atoms with Crippen LogP contribution in [0.25, 0.3) is 0 Å². The molecule has 0 saturated carbocycles. The van der Waals surface area contributed by atoms with Gasteiger partial charge in [-0.3, -0.25) is 4.79 Å². The topological polar surface area (TPSA) is 64.6 Å². The van der Waals surface area contributed by atoms with Crippen LogP contribution in [0.15, 0.2) is 53.0 Å². The molecule has 5 nitrogen and oxygen atoms in total. The minimum atomic E-state index is -0.763. The number of benzene rings is 2. The van der Waals surface area contributed by atoms with E-state index in [0.717, 1.165) is 5.56 Å². The fourth-order valence-corrected chi connectivity index (χ4v) is 2.94. The van der Waals surface area contributed by atoms with Gasteiger partial charge < -0.3 is 14.8 Å². The highest BCUT2D eigenvalue weighted by Gasteiger charge is 2.23. The first kappa shape index (κ1) is 21.0. The molecule has 144 valence electrons. The van der Waals surface area contributed by atoms with Crippen LogP contribution in [0.5, 0.6) is 5.75 Å². The number of carbonyl (C=O) groups is 2. The van der Waals surface area contributed by atoms with E-state index in [9.17, 15) is 9.59 Å². The van der Waals surface area contributed by atoms with Crippen molar-refractivity contribution in [3.05, 3.63) is 64.1 Å². The molecule has 1 N–H and O–H groups in total. The number of methoxy groups -OCH3 is 1. The zero-order valence-electron chi connectivity index (χ0n) is 15.7. The molecule has 1 amide bonds. The summed E-state index contributed by atoms with van der Waals surface area (Å²) < 4.78 is 11.2. The van der Waals surface area contributed by atoms with Crippen LogP contribution in [-0.2, 0) is 16.0 Å². The quantitative estimate of drug-likeness (QED) is 0.638. The Bertz CT molecular complexity index is 777. The van der Waals surface area contributed by atoms with Crippen molar-refractivity contribution in [2.24, 2.45) is 5.92 Å². The van der Waals surface area contributed by atoms with E-state index in [1.54, 1.807) is 18.2 Å². The van der Waals surface area contributed by atoms with E-state index in [1.807, 2.05) is 30.3 Å². The molecule has 0 spiro atoms. The standard InChI is InChI=1S/C21H24BrNO4/c1-14(2)13-27-19-10-9-16(12-17(19)22)20(24)23-18(21(25)26-3)11-15-7-5-4-6-8-15/h4-10,12,14,18H,11,13H2,1-3H3,(H,23,24). The molecule has 2 aromatic carbocycles. The van der Waals surface area contributed by atoms with Gasteiger partial charge in [0.05, 0.1) is 18.2 Å². The van der Waals surface area contributed by atoms with Crippen LogP contribution < -0.4 is 10.1 Å². The number of ether oxygens (including phenoxy) is 2. The molecular formula is C21H24BrNO4. The van der Waals surface area contributed by atoms with Gasteiger partial charge in [-0.15, -0.1) is 0 Å². The number of esters is 1. The second-order valence-corrected chi connectivity index (χ2v) is 7.44. The minimum Gasteiger partial charge on any atom is -0.492 e. The maximum absolute atomic E-state index is 12.6. The molecule has 27 heavy (non-hydrogen) atoms. The summed E-state index contributed by atoms with van der Waals surface area (Å²) in [6.07, 6.45) is 0.357. The molecule has 0 heterocycles. The predicted octanol–water partition coefficient (Wildman–Crippen LogP) is 4.00. The van der Waals surface area contributed by atoms with Crippen molar-refractivity contribution < 1.29 is 19.1 Å². The van der Waals surface area contributed by atoms with Crippen LogP contribution in [0.2, 0.25) is 0 Å². The van der Waals surface area contributed by atoms with Gasteiger partial charge in [0.1, 0.15) is 11.8 Å². The molecule has 2 rings (SSSR count). The van der Waals surface area contributed by atoms with Gasteiger partial charge in [-0.1, -0.05) is 44.2 Å². The van der Waals surface area contributed by atoms with Gasteiger partial charge in [-0.25, -0.2) is 4.79 Å². The lowest BCUT2D eigenvalue weighted by Crippen LogP contribution is -2.43. The lowest BCUT2D eigenvalue weighted by Gasteiger charge is -2.17. The molecule has 0 aliphatic carbocycles. The third-order valence-corrected chi connectivity index (χ3v) is 4.46. The Balaban J connectivity index is 2.10. The van der Waals surface area contributed by atoms with Crippen molar-refractivity contribution in [3.8, 4) is 5.75 Å². The fourth-order valence-electron chi connectivity index (χ4n) is 2.44. The first-order valence-corrected chi connectivity index (χ1v) is 9.55. The van der Waals surface area contributed by atoms with Crippen LogP contribution in [0.1, 0.15) is 29.8 Å². The molecule has 0 saturated heterocycles. The van der Waals surface area contributed by atoms with Crippen molar-refractivity contribution >= 4 is 27.8 Å². The number of halogens is 1. The largest absolute Gasteiger partial charge is 0.492 e. The highest BCUT2D eigenvalue weighted by atomic mass is 79.9. The van der Waals surface area contributed by atoms with Crippen LogP contribution in [0.3, 0.4) is 0 Å². The maximum atomic E-state index is 12.6. The van der Waals surface area contributed by atoms with E-state index in [0.29, 0.717) is 34.7 Å². The van der Waals surface area contributed by atoms with Crippen molar-refractivity contribution in [3.63, 3.8) is 0 Å². The van der Waals surface area contributed by atoms with Gasteiger partial charge in [0.2, 0.25) is 0 Å². The summed E-state index contributed by atoms with van der Waals surface area (Å²) in [5.41, 5.74) is 1.37. The van der Waals surface area contributed by atoms with E-state index >= 15 is 0 Å². The first-order valence-electron chi connectivity index (χ1n) is 8.75. The Morgan fingerprint density at radius 2 is 1.81 bits per heavy atom. The van der Waals surface area contributed by atoms with E-state index in [2.05, 4.69) is 35.1 Å². The molecule has 2 aromatic rings. The molecule has 0 radical (unpaired) electrons. The average Bonchev–Trinajstić information content (AvgIpc) is 2.66. The minimum absolute atomic E-state index is 0.350.